The number of amides is 6. The number of nitrogens with one attached hydrogen (secondary N) is 5. The van der Waals surface area contributed by atoms with Crippen molar-refractivity contribution < 1.29 is 43.3 Å². The van der Waals surface area contributed by atoms with Crippen molar-refractivity contribution in [2.45, 2.75) is 95.1 Å². The van der Waals surface area contributed by atoms with Gasteiger partial charge in [0.2, 0.25) is 36.3 Å². The number of benzene rings is 2. The highest BCUT2D eigenvalue weighted by Crippen LogP contribution is 2.32. The van der Waals surface area contributed by atoms with E-state index in [1.807, 2.05) is 30.3 Å². The van der Waals surface area contributed by atoms with Crippen molar-refractivity contribution in [3.8, 4) is 11.5 Å². The summed E-state index contributed by atoms with van der Waals surface area (Å²) in [6.45, 7) is 3.62. The Morgan fingerprint density at radius 3 is 2.37 bits per heavy atom. The molecule has 0 aromatic heterocycles. The summed E-state index contributed by atoms with van der Waals surface area (Å²) in [7, 11) is 0. The number of hydrogen-bond donors (Lipinski definition) is 6. The first-order valence-electron chi connectivity index (χ1n) is 17.5. The van der Waals surface area contributed by atoms with Gasteiger partial charge in [0.1, 0.15) is 30.2 Å². The molecule has 6 amide bonds. The number of hydrogen-bond acceptors (Lipinski definition) is 9. The van der Waals surface area contributed by atoms with Crippen LogP contribution >= 0.6 is 0 Å². The standard InChI is InChI=1S/C36H46N6O9/c1-3-24-32(45)41-30(21(2)43)35(48)40-26(18-22-10-5-4-6-11-22)36(49)42-17-9-13-27(42)34(47)37-16-8-7-12-25(33(46)38-24)39-31(44)23-14-15-28-29(19-23)51-20-50-28/h4-6,10-11,14-15,19,21,24-27,30,43H,3,7-9,12-13,16-18,20H2,1-2H3,(H,37,47)(H,38,46)(H,39,44)(H,40,48)(H,41,45)/t21-,24+,25+,26-,27+,30+/m1/s1. The summed E-state index contributed by atoms with van der Waals surface area (Å²) >= 11 is 0. The van der Waals surface area contributed by atoms with E-state index in [0.29, 0.717) is 43.7 Å². The predicted molar refractivity (Wildman–Crippen MR) is 183 cm³/mol. The van der Waals surface area contributed by atoms with Crippen LogP contribution in [0.1, 0.15) is 68.3 Å². The summed E-state index contributed by atoms with van der Waals surface area (Å²) in [6, 6.07) is 8.24. The maximum atomic E-state index is 14.0. The van der Waals surface area contributed by atoms with E-state index in [-0.39, 0.29) is 44.1 Å². The molecule has 15 heteroatoms. The van der Waals surface area contributed by atoms with Gasteiger partial charge in [-0.05, 0) is 69.2 Å². The average molecular weight is 707 g/mol. The van der Waals surface area contributed by atoms with Gasteiger partial charge in [-0.2, -0.15) is 0 Å². The summed E-state index contributed by atoms with van der Waals surface area (Å²) in [5.41, 5.74) is 1.01. The number of nitrogens with zero attached hydrogens (tertiary/aromatic N) is 1. The third kappa shape index (κ3) is 9.34. The van der Waals surface area contributed by atoms with Crippen molar-refractivity contribution in [2.75, 3.05) is 19.9 Å². The van der Waals surface area contributed by atoms with Crippen molar-refractivity contribution in [3.05, 3.63) is 59.7 Å². The van der Waals surface area contributed by atoms with E-state index in [1.54, 1.807) is 19.1 Å². The Hall–Kier alpha value is -5.18. The molecule has 2 aromatic carbocycles. The number of fused-ring (bicyclic) bond motifs is 2. The zero-order valence-electron chi connectivity index (χ0n) is 28.8. The minimum absolute atomic E-state index is 0.0311. The van der Waals surface area contributed by atoms with Crippen molar-refractivity contribution >= 4 is 35.4 Å². The van der Waals surface area contributed by atoms with E-state index < -0.39 is 65.8 Å². The lowest BCUT2D eigenvalue weighted by atomic mass is 10.0. The Morgan fingerprint density at radius 2 is 1.63 bits per heavy atom. The van der Waals surface area contributed by atoms with E-state index in [0.717, 1.165) is 5.56 Å². The Kier molecular flexibility index (Phi) is 12.5. The molecule has 0 radical (unpaired) electrons. The molecule has 0 spiro atoms. The maximum absolute atomic E-state index is 14.0. The third-order valence-electron chi connectivity index (χ3n) is 9.32. The molecule has 2 saturated heterocycles. The van der Waals surface area contributed by atoms with Gasteiger partial charge in [-0.25, -0.2) is 0 Å². The number of aliphatic hydroxyl groups is 1. The van der Waals surface area contributed by atoms with E-state index in [4.69, 9.17) is 9.47 Å². The molecule has 5 rings (SSSR count). The first kappa shape index (κ1) is 37.1. The molecule has 0 aliphatic carbocycles. The zero-order valence-corrected chi connectivity index (χ0v) is 28.8. The average Bonchev–Trinajstić information content (AvgIpc) is 3.81. The van der Waals surface area contributed by atoms with Crippen LogP contribution in [-0.4, -0.2) is 102 Å². The molecule has 3 heterocycles. The smallest absolute Gasteiger partial charge is 0.252 e. The Bertz CT molecular complexity index is 1600. The van der Waals surface area contributed by atoms with Crippen LogP contribution in [0.5, 0.6) is 11.5 Å². The highest BCUT2D eigenvalue weighted by Gasteiger charge is 2.39. The van der Waals surface area contributed by atoms with E-state index in [9.17, 15) is 33.9 Å². The van der Waals surface area contributed by atoms with Crippen LogP contribution in [0.25, 0.3) is 0 Å². The van der Waals surface area contributed by atoms with Crippen molar-refractivity contribution in [2.24, 2.45) is 0 Å². The highest BCUT2D eigenvalue weighted by atomic mass is 16.7. The van der Waals surface area contributed by atoms with Gasteiger partial charge in [0, 0.05) is 25.1 Å². The molecule has 3 aliphatic heterocycles. The number of ether oxygens (including phenoxy) is 2. The van der Waals surface area contributed by atoms with Crippen LogP contribution in [0.3, 0.4) is 0 Å². The first-order chi connectivity index (χ1) is 24.5. The van der Waals surface area contributed by atoms with Crippen LogP contribution in [0.15, 0.2) is 48.5 Å². The minimum atomic E-state index is -1.48. The molecule has 51 heavy (non-hydrogen) atoms. The van der Waals surface area contributed by atoms with E-state index >= 15 is 0 Å². The zero-order chi connectivity index (χ0) is 36.5. The molecule has 0 unspecified atom stereocenters. The topological polar surface area (TPSA) is 204 Å². The summed E-state index contributed by atoms with van der Waals surface area (Å²) in [5, 5.41) is 24.2. The summed E-state index contributed by atoms with van der Waals surface area (Å²) < 4.78 is 10.7. The Morgan fingerprint density at radius 1 is 0.882 bits per heavy atom. The lowest BCUT2D eigenvalue weighted by molar-refractivity contribution is -0.142. The summed E-state index contributed by atoms with van der Waals surface area (Å²) in [4.78, 5) is 83.0. The second-order valence-electron chi connectivity index (χ2n) is 13.0. The Balaban J connectivity index is 1.38. The summed E-state index contributed by atoms with van der Waals surface area (Å²) in [5.74, 6) is -2.58. The van der Waals surface area contributed by atoms with Crippen molar-refractivity contribution in [1.82, 2.24) is 31.5 Å². The third-order valence-corrected chi connectivity index (χ3v) is 9.32. The fourth-order valence-electron chi connectivity index (χ4n) is 6.45. The number of rotatable bonds is 6. The molecular formula is C36H46N6O9. The molecule has 6 atom stereocenters. The van der Waals surface area contributed by atoms with Gasteiger partial charge < -0.3 is 46.1 Å². The minimum Gasteiger partial charge on any atom is -0.454 e. The van der Waals surface area contributed by atoms with Gasteiger partial charge in [-0.3, -0.25) is 28.8 Å². The van der Waals surface area contributed by atoms with Crippen LogP contribution in [-0.2, 0) is 30.4 Å². The number of aliphatic hydroxyl groups excluding tert-OH is 1. The predicted octanol–water partition coefficient (Wildman–Crippen LogP) is 0.293. The first-order valence-corrected chi connectivity index (χ1v) is 17.5. The van der Waals surface area contributed by atoms with E-state index in [2.05, 4.69) is 26.6 Å². The molecule has 0 saturated carbocycles. The molecule has 3 aliphatic rings. The molecule has 2 fully saturated rings. The normalized spacial score (nSPS) is 25.6. The largest absolute Gasteiger partial charge is 0.454 e. The number of carbonyl (C=O) groups is 6. The molecular weight excluding hydrogens is 660 g/mol. The molecule has 15 nitrogen and oxygen atoms in total. The van der Waals surface area contributed by atoms with Crippen molar-refractivity contribution in [3.63, 3.8) is 0 Å². The fraction of sp³-hybridized carbons (Fsp3) is 0.500. The maximum Gasteiger partial charge on any atom is 0.252 e. The van der Waals surface area contributed by atoms with Gasteiger partial charge in [0.15, 0.2) is 11.5 Å². The molecule has 6 N–H and O–H groups in total. The summed E-state index contributed by atoms with van der Waals surface area (Å²) in [6.07, 6.45) is 1.000. The van der Waals surface area contributed by atoms with Gasteiger partial charge in [-0.15, -0.1) is 0 Å². The SMILES string of the molecule is CC[C@@H]1NC(=O)[C@@H](NC(=O)c2ccc3c(c2)OCO3)CCCCNC(=O)[C@@H]2CCCN2C(=O)[C@@H](Cc2ccccc2)NC(=O)[C@H]([C@@H](C)O)NC1=O. The second-order valence-corrected chi connectivity index (χ2v) is 13.0. The molecule has 0 bridgehead atoms. The lowest BCUT2D eigenvalue weighted by Gasteiger charge is -2.30. The van der Waals surface area contributed by atoms with Crippen molar-refractivity contribution in [1.29, 1.82) is 0 Å². The van der Waals surface area contributed by atoms with Gasteiger partial charge >= 0.3 is 0 Å². The lowest BCUT2D eigenvalue weighted by Crippen LogP contribution is -2.61. The highest BCUT2D eigenvalue weighted by molar-refractivity contribution is 5.99. The second kappa shape index (κ2) is 17.2. The Labute approximate surface area is 296 Å². The van der Waals surface area contributed by atoms with Gasteiger partial charge in [0.05, 0.1) is 6.10 Å². The van der Waals surface area contributed by atoms with Crippen LogP contribution in [0.2, 0.25) is 0 Å². The quantitative estimate of drug-likeness (QED) is 0.244. The molecule has 2 aromatic rings. The molecule has 274 valence electrons. The number of carbonyl (C=O) groups excluding carboxylic acids is 6. The van der Waals surface area contributed by atoms with Crippen LogP contribution in [0, 0.1) is 0 Å². The van der Waals surface area contributed by atoms with Gasteiger partial charge in [0.25, 0.3) is 5.91 Å². The monoisotopic (exact) mass is 706 g/mol. The van der Waals surface area contributed by atoms with Crippen LogP contribution < -0.4 is 36.1 Å². The van der Waals surface area contributed by atoms with Gasteiger partial charge in [-0.1, -0.05) is 37.3 Å². The van der Waals surface area contributed by atoms with Crippen LogP contribution in [0.4, 0.5) is 0 Å². The fourth-order valence-corrected chi connectivity index (χ4v) is 6.45. The van der Waals surface area contributed by atoms with E-state index in [1.165, 1.54) is 17.9 Å².